The first-order valence-corrected chi connectivity index (χ1v) is 11.5. The maximum absolute atomic E-state index is 12.8. The summed E-state index contributed by atoms with van der Waals surface area (Å²) in [6.45, 7) is 1.30. The molecule has 0 aliphatic heterocycles. The molecule has 0 fully saturated rings. The lowest BCUT2D eigenvalue weighted by Crippen LogP contribution is -2.37. The van der Waals surface area contributed by atoms with E-state index in [4.69, 9.17) is 14.2 Å². The van der Waals surface area contributed by atoms with Crippen molar-refractivity contribution in [2.24, 2.45) is 0 Å². The molecule has 2 aromatic rings. The molecule has 9 nitrogen and oxygen atoms in total. The third-order valence-corrected chi connectivity index (χ3v) is 6.35. The van der Waals surface area contributed by atoms with Gasteiger partial charge < -0.3 is 19.5 Å². The number of anilines is 2. The number of sulfonamides is 1. The number of nitrogens with zero attached hydrogens (tertiary/aromatic N) is 1. The first kappa shape index (κ1) is 24.5. The fraction of sp³-hybridized carbons (Fsp3) is 0.300. The van der Waals surface area contributed by atoms with E-state index in [9.17, 15) is 18.0 Å². The Morgan fingerprint density at radius 2 is 1.68 bits per heavy atom. The van der Waals surface area contributed by atoms with Gasteiger partial charge in [-0.25, -0.2) is 13.2 Å². The van der Waals surface area contributed by atoms with Gasteiger partial charge in [0, 0.05) is 16.6 Å². The molecule has 0 unspecified atom stereocenters. The zero-order valence-corrected chi connectivity index (χ0v) is 20.1. The number of esters is 1. The van der Waals surface area contributed by atoms with E-state index in [-0.39, 0.29) is 22.7 Å². The van der Waals surface area contributed by atoms with E-state index in [1.807, 2.05) is 0 Å². The van der Waals surface area contributed by atoms with E-state index in [1.165, 1.54) is 33.5 Å². The molecule has 0 aliphatic carbocycles. The molecule has 2 rings (SSSR count). The SMILES string of the molecule is COC(=O)c1cc(OC)c(OC)cc1NC(=O)CN(c1ccc(Br)c(C)c1)S(C)(=O)=O. The maximum Gasteiger partial charge on any atom is 0.340 e. The molecular weight excluding hydrogens is 492 g/mol. The number of hydrogen-bond acceptors (Lipinski definition) is 7. The zero-order chi connectivity index (χ0) is 23.3. The Bertz CT molecular complexity index is 1100. The number of carbonyl (C=O) groups excluding carboxylic acids is 2. The predicted molar refractivity (Wildman–Crippen MR) is 121 cm³/mol. The number of carbonyl (C=O) groups is 2. The van der Waals surface area contributed by atoms with E-state index < -0.39 is 28.4 Å². The van der Waals surface area contributed by atoms with Crippen molar-refractivity contribution in [3.05, 3.63) is 45.9 Å². The molecule has 1 amide bonds. The molecule has 0 saturated heterocycles. The number of aryl methyl sites for hydroxylation is 1. The lowest BCUT2D eigenvalue weighted by atomic mass is 10.1. The summed E-state index contributed by atoms with van der Waals surface area (Å²) in [5, 5.41) is 2.56. The van der Waals surface area contributed by atoms with Gasteiger partial charge in [-0.1, -0.05) is 15.9 Å². The molecule has 0 heterocycles. The number of ether oxygens (including phenoxy) is 3. The molecule has 0 spiro atoms. The van der Waals surface area contributed by atoms with Crippen LogP contribution in [0.1, 0.15) is 15.9 Å². The molecular formula is C20H23BrN2O7S. The molecule has 11 heteroatoms. The minimum Gasteiger partial charge on any atom is -0.493 e. The van der Waals surface area contributed by atoms with Gasteiger partial charge in [0.05, 0.1) is 44.5 Å². The highest BCUT2D eigenvalue weighted by atomic mass is 79.9. The largest absolute Gasteiger partial charge is 0.493 e. The number of nitrogens with one attached hydrogen (secondary N) is 1. The Kier molecular flexibility index (Phi) is 7.91. The van der Waals surface area contributed by atoms with Crippen molar-refractivity contribution >= 4 is 49.2 Å². The molecule has 1 N–H and O–H groups in total. The summed E-state index contributed by atoms with van der Waals surface area (Å²) < 4.78 is 41.6. The monoisotopic (exact) mass is 514 g/mol. The summed E-state index contributed by atoms with van der Waals surface area (Å²) in [7, 11) is 0.241. The van der Waals surface area contributed by atoms with Crippen LogP contribution in [0.25, 0.3) is 0 Å². The second-order valence-corrected chi connectivity index (χ2v) is 9.26. The van der Waals surface area contributed by atoms with Gasteiger partial charge in [-0.05, 0) is 30.7 Å². The van der Waals surface area contributed by atoms with E-state index >= 15 is 0 Å². The summed E-state index contributed by atoms with van der Waals surface area (Å²) in [6, 6.07) is 7.70. The van der Waals surface area contributed by atoms with Gasteiger partial charge in [-0.15, -0.1) is 0 Å². The number of benzene rings is 2. The average molecular weight is 515 g/mol. The van der Waals surface area contributed by atoms with Gasteiger partial charge in [0.25, 0.3) is 0 Å². The molecule has 31 heavy (non-hydrogen) atoms. The molecule has 2 aromatic carbocycles. The number of halogens is 1. The Hall–Kier alpha value is -2.79. The summed E-state index contributed by atoms with van der Waals surface area (Å²) in [5.74, 6) is -0.832. The van der Waals surface area contributed by atoms with Crippen LogP contribution in [0, 0.1) is 6.92 Å². The molecule has 0 saturated carbocycles. The topological polar surface area (TPSA) is 111 Å². The van der Waals surface area contributed by atoms with Gasteiger partial charge in [0.1, 0.15) is 6.54 Å². The summed E-state index contributed by atoms with van der Waals surface area (Å²) in [6.07, 6.45) is 1.01. The standard InChI is InChI=1S/C20H23BrN2O7S/c1-12-8-13(6-7-15(12)21)23(31(5,26)27)11-19(24)22-16-10-18(29-3)17(28-2)9-14(16)20(25)30-4/h6-10H,11H2,1-5H3,(H,22,24). The maximum atomic E-state index is 12.8. The first-order valence-electron chi connectivity index (χ1n) is 8.89. The van der Waals surface area contributed by atoms with Gasteiger partial charge >= 0.3 is 5.97 Å². The highest BCUT2D eigenvalue weighted by molar-refractivity contribution is 9.10. The van der Waals surface area contributed by atoms with Crippen molar-refractivity contribution in [2.45, 2.75) is 6.92 Å². The minimum absolute atomic E-state index is 0.0268. The van der Waals surface area contributed by atoms with Crippen LogP contribution in [0.4, 0.5) is 11.4 Å². The Morgan fingerprint density at radius 3 is 2.19 bits per heavy atom. The lowest BCUT2D eigenvalue weighted by molar-refractivity contribution is -0.114. The van der Waals surface area contributed by atoms with Gasteiger partial charge in [0.15, 0.2) is 11.5 Å². The summed E-state index contributed by atoms with van der Waals surface area (Å²) >= 11 is 3.36. The molecule has 0 aliphatic rings. The van der Waals surface area contributed by atoms with Gasteiger partial charge in [-0.3, -0.25) is 9.10 Å². The third kappa shape index (κ3) is 5.88. The van der Waals surface area contributed by atoms with Crippen LogP contribution in [0.15, 0.2) is 34.8 Å². The third-order valence-electron chi connectivity index (χ3n) is 4.32. The Balaban J connectivity index is 2.40. The minimum atomic E-state index is -3.77. The quantitative estimate of drug-likeness (QED) is 0.538. The van der Waals surface area contributed by atoms with Gasteiger partial charge in [-0.2, -0.15) is 0 Å². The van der Waals surface area contributed by atoms with Crippen LogP contribution in [0.2, 0.25) is 0 Å². The highest BCUT2D eigenvalue weighted by Crippen LogP contribution is 2.34. The van der Waals surface area contributed by atoms with E-state index in [2.05, 4.69) is 21.2 Å². The van der Waals surface area contributed by atoms with Crippen molar-refractivity contribution < 1.29 is 32.2 Å². The predicted octanol–water partition coefficient (Wildman–Crippen LogP) is 2.97. The fourth-order valence-corrected chi connectivity index (χ4v) is 3.86. The summed E-state index contributed by atoms with van der Waals surface area (Å²) in [5.41, 5.74) is 1.26. The van der Waals surface area contributed by atoms with Crippen LogP contribution in [-0.2, 0) is 19.6 Å². The van der Waals surface area contributed by atoms with E-state index in [0.717, 1.165) is 20.6 Å². The Morgan fingerprint density at radius 1 is 1.06 bits per heavy atom. The molecule has 168 valence electrons. The molecule has 0 atom stereocenters. The second kappa shape index (κ2) is 10.0. The van der Waals surface area contributed by atoms with E-state index in [1.54, 1.807) is 25.1 Å². The fourth-order valence-electron chi connectivity index (χ4n) is 2.77. The number of methoxy groups -OCH3 is 3. The summed E-state index contributed by atoms with van der Waals surface area (Å²) in [4.78, 5) is 24.9. The lowest BCUT2D eigenvalue weighted by Gasteiger charge is -2.23. The average Bonchev–Trinajstić information content (AvgIpc) is 2.72. The normalized spacial score (nSPS) is 10.9. The van der Waals surface area contributed by atoms with Crippen LogP contribution in [0.5, 0.6) is 11.5 Å². The van der Waals surface area contributed by atoms with Gasteiger partial charge in [0.2, 0.25) is 15.9 Å². The Labute approximate surface area is 189 Å². The molecule has 0 radical (unpaired) electrons. The van der Waals surface area contributed by atoms with Crippen LogP contribution >= 0.6 is 15.9 Å². The second-order valence-electron chi connectivity index (χ2n) is 6.50. The van der Waals surface area contributed by atoms with Crippen molar-refractivity contribution in [3.63, 3.8) is 0 Å². The smallest absolute Gasteiger partial charge is 0.340 e. The molecule has 0 aromatic heterocycles. The van der Waals surface area contributed by atoms with Crippen molar-refractivity contribution in [2.75, 3.05) is 43.8 Å². The first-order chi connectivity index (χ1) is 14.5. The van der Waals surface area contributed by atoms with Crippen LogP contribution in [-0.4, -0.2) is 54.4 Å². The van der Waals surface area contributed by atoms with Crippen molar-refractivity contribution in [3.8, 4) is 11.5 Å². The number of hydrogen-bond donors (Lipinski definition) is 1. The number of rotatable bonds is 8. The van der Waals surface area contributed by atoms with Crippen molar-refractivity contribution in [1.82, 2.24) is 0 Å². The molecule has 0 bridgehead atoms. The van der Waals surface area contributed by atoms with Crippen LogP contribution < -0.4 is 19.1 Å². The highest BCUT2D eigenvalue weighted by Gasteiger charge is 2.24. The van der Waals surface area contributed by atoms with E-state index in [0.29, 0.717) is 5.69 Å². The zero-order valence-electron chi connectivity index (χ0n) is 17.7. The number of amides is 1. The van der Waals surface area contributed by atoms with Crippen molar-refractivity contribution in [1.29, 1.82) is 0 Å². The van der Waals surface area contributed by atoms with Crippen LogP contribution in [0.3, 0.4) is 0 Å².